The van der Waals surface area contributed by atoms with E-state index < -0.39 is 5.41 Å². The molecular formula is C18H23N5O3. The number of nitrogens with zero attached hydrogens (tertiary/aromatic N) is 3. The number of anilines is 3. The lowest BCUT2D eigenvalue weighted by Crippen LogP contribution is -2.32. The van der Waals surface area contributed by atoms with Crippen LogP contribution in [-0.2, 0) is 16.1 Å². The van der Waals surface area contributed by atoms with Crippen molar-refractivity contribution < 1.29 is 9.53 Å². The molecule has 0 aliphatic carbocycles. The molecule has 26 heavy (non-hydrogen) atoms. The van der Waals surface area contributed by atoms with Gasteiger partial charge in [0, 0.05) is 0 Å². The van der Waals surface area contributed by atoms with Gasteiger partial charge in [0.15, 0.2) is 12.5 Å². The minimum atomic E-state index is -0.596. The first kappa shape index (κ1) is 17.8. The highest BCUT2D eigenvalue weighted by molar-refractivity contribution is 5.76. The number of nitrogen functional groups attached to an aromatic ring is 1. The molecule has 8 nitrogen and oxygen atoms in total. The van der Waals surface area contributed by atoms with Gasteiger partial charge in [-0.1, -0.05) is 30.3 Å². The lowest BCUT2D eigenvalue weighted by molar-refractivity contribution is -0.152. The summed E-state index contributed by atoms with van der Waals surface area (Å²) in [5.74, 6) is 0.198. The number of hydrogen-bond acceptors (Lipinski definition) is 7. The van der Waals surface area contributed by atoms with Gasteiger partial charge in [0.2, 0.25) is 5.95 Å². The number of benzene rings is 1. The summed E-state index contributed by atoms with van der Waals surface area (Å²) in [6, 6.07) is 9.56. The zero-order valence-corrected chi connectivity index (χ0v) is 15.2. The van der Waals surface area contributed by atoms with Crippen molar-refractivity contribution in [3.63, 3.8) is 0 Å². The monoisotopic (exact) mass is 357 g/mol. The molecule has 3 N–H and O–H groups in total. The molecule has 1 aliphatic rings. The Labute approximate surface area is 151 Å². The maximum Gasteiger partial charge on any atom is 0.312 e. The molecular weight excluding hydrogens is 334 g/mol. The van der Waals surface area contributed by atoms with Crippen LogP contribution >= 0.6 is 0 Å². The Morgan fingerprint density at radius 2 is 2.00 bits per heavy atom. The van der Waals surface area contributed by atoms with Gasteiger partial charge in [0.1, 0.15) is 5.69 Å². The molecule has 0 radical (unpaired) electrons. The van der Waals surface area contributed by atoms with Crippen molar-refractivity contribution in [1.29, 1.82) is 0 Å². The van der Waals surface area contributed by atoms with Crippen LogP contribution in [0.25, 0.3) is 0 Å². The van der Waals surface area contributed by atoms with Crippen molar-refractivity contribution in [3.8, 4) is 0 Å². The van der Waals surface area contributed by atoms with Gasteiger partial charge in [0.25, 0.3) is 5.56 Å². The van der Waals surface area contributed by atoms with Gasteiger partial charge in [-0.05, 0) is 26.3 Å². The molecule has 1 aromatic heterocycles. The number of hydrogen-bond donors (Lipinski definition) is 2. The van der Waals surface area contributed by atoms with E-state index in [0.717, 1.165) is 5.56 Å². The van der Waals surface area contributed by atoms with Crippen molar-refractivity contribution >= 4 is 23.4 Å². The summed E-state index contributed by atoms with van der Waals surface area (Å²) < 4.78 is 6.73. The Balaban J connectivity index is 1.82. The molecule has 0 unspecified atom stereocenters. The Morgan fingerprint density at radius 3 is 2.65 bits per heavy atom. The van der Waals surface area contributed by atoms with Gasteiger partial charge in [0.05, 0.1) is 18.6 Å². The maximum atomic E-state index is 12.8. The second-order valence-electron chi connectivity index (χ2n) is 7.23. The van der Waals surface area contributed by atoms with Crippen molar-refractivity contribution in [3.05, 3.63) is 46.2 Å². The average molecular weight is 357 g/mol. The first-order valence-electron chi connectivity index (χ1n) is 8.37. The van der Waals surface area contributed by atoms with E-state index in [1.165, 1.54) is 4.57 Å². The van der Waals surface area contributed by atoms with Crippen LogP contribution in [0.2, 0.25) is 0 Å². The van der Waals surface area contributed by atoms with Crippen molar-refractivity contribution in [2.45, 2.75) is 27.3 Å². The normalized spacial score (nSPS) is 13.3. The van der Waals surface area contributed by atoms with Crippen LogP contribution in [0.15, 0.2) is 35.1 Å². The summed E-state index contributed by atoms with van der Waals surface area (Å²) in [7, 11) is 0. The van der Waals surface area contributed by atoms with Crippen LogP contribution in [-0.4, -0.2) is 28.9 Å². The number of nitrogens with two attached hydrogens (primary N) is 1. The second-order valence-corrected chi connectivity index (χ2v) is 7.23. The molecule has 8 heteroatoms. The van der Waals surface area contributed by atoms with E-state index in [9.17, 15) is 9.59 Å². The third-order valence-electron chi connectivity index (χ3n) is 4.07. The van der Waals surface area contributed by atoms with Crippen molar-refractivity contribution in [2.24, 2.45) is 5.41 Å². The molecule has 1 aliphatic heterocycles. The fourth-order valence-corrected chi connectivity index (χ4v) is 2.57. The number of esters is 1. The summed E-state index contributed by atoms with van der Waals surface area (Å²) in [6.45, 7) is 6.01. The topological polar surface area (TPSA) is 102 Å². The van der Waals surface area contributed by atoms with E-state index in [1.54, 1.807) is 25.7 Å². The predicted molar refractivity (Wildman–Crippen MR) is 99.8 cm³/mol. The second kappa shape index (κ2) is 6.70. The molecule has 2 heterocycles. The Morgan fingerprint density at radius 1 is 1.31 bits per heavy atom. The summed E-state index contributed by atoms with van der Waals surface area (Å²) >= 11 is 0. The average Bonchev–Trinajstić information content (AvgIpc) is 2.99. The van der Waals surface area contributed by atoms with Crippen LogP contribution in [0.3, 0.4) is 0 Å². The lowest BCUT2D eigenvalue weighted by Gasteiger charge is -2.21. The van der Waals surface area contributed by atoms with Crippen LogP contribution in [0.5, 0.6) is 0 Å². The number of fused-ring (bicyclic) bond motifs is 1. The number of carbonyl (C=O) groups is 1. The third kappa shape index (κ3) is 3.49. The molecule has 3 rings (SSSR count). The fourth-order valence-electron chi connectivity index (χ4n) is 2.57. The van der Waals surface area contributed by atoms with Crippen molar-refractivity contribution in [1.82, 2.24) is 9.55 Å². The van der Waals surface area contributed by atoms with Gasteiger partial charge in [-0.3, -0.25) is 14.2 Å². The Hall–Kier alpha value is -3.03. The van der Waals surface area contributed by atoms with E-state index in [0.29, 0.717) is 24.7 Å². The highest BCUT2D eigenvalue weighted by Crippen LogP contribution is 2.27. The molecule has 0 spiro atoms. The van der Waals surface area contributed by atoms with E-state index in [2.05, 4.69) is 10.3 Å². The zero-order chi connectivity index (χ0) is 18.9. The minimum Gasteiger partial charge on any atom is -0.444 e. The quantitative estimate of drug-likeness (QED) is 0.801. The van der Waals surface area contributed by atoms with Gasteiger partial charge in [-0.2, -0.15) is 4.98 Å². The van der Waals surface area contributed by atoms with E-state index in [4.69, 9.17) is 10.5 Å². The lowest BCUT2D eigenvalue weighted by atomic mass is 9.98. The maximum absolute atomic E-state index is 12.8. The smallest absolute Gasteiger partial charge is 0.312 e. The minimum absolute atomic E-state index is 0.00464. The van der Waals surface area contributed by atoms with Crippen LogP contribution < -0.4 is 21.5 Å². The van der Waals surface area contributed by atoms with Gasteiger partial charge in [-0.15, -0.1) is 0 Å². The summed E-state index contributed by atoms with van der Waals surface area (Å²) in [5.41, 5.74) is 6.49. The molecule has 138 valence electrons. The first-order chi connectivity index (χ1) is 12.3. The Kier molecular flexibility index (Phi) is 4.58. The number of ether oxygens (including phenoxy) is 1. The summed E-state index contributed by atoms with van der Waals surface area (Å²) in [4.78, 5) is 30.7. The largest absolute Gasteiger partial charge is 0.444 e. The van der Waals surface area contributed by atoms with E-state index in [1.807, 2.05) is 30.3 Å². The molecule has 0 fully saturated rings. The summed E-state index contributed by atoms with van der Waals surface area (Å²) in [6.07, 6.45) is 0. The highest BCUT2D eigenvalue weighted by Gasteiger charge is 2.29. The molecule has 0 atom stereocenters. The molecule has 2 aromatic rings. The number of rotatable bonds is 4. The molecule has 0 bridgehead atoms. The SMILES string of the molecule is CC(C)(C)C(=O)OCN1CNc2c1nc(N)n(Cc1ccccc1)c2=O. The predicted octanol–water partition coefficient (Wildman–Crippen LogP) is 1.61. The fraction of sp³-hybridized carbons (Fsp3) is 0.389. The third-order valence-corrected chi connectivity index (χ3v) is 4.07. The van der Waals surface area contributed by atoms with Crippen molar-refractivity contribution in [2.75, 3.05) is 29.3 Å². The number of aromatic nitrogens is 2. The van der Waals surface area contributed by atoms with Gasteiger partial charge in [-0.25, -0.2) is 0 Å². The Bertz CT molecular complexity index is 871. The molecule has 0 saturated heterocycles. The molecule has 0 saturated carbocycles. The van der Waals surface area contributed by atoms with Crippen LogP contribution in [0.1, 0.15) is 26.3 Å². The molecule has 1 aromatic carbocycles. The number of carbonyl (C=O) groups excluding carboxylic acids is 1. The summed E-state index contributed by atoms with van der Waals surface area (Å²) in [5, 5.41) is 3.02. The van der Waals surface area contributed by atoms with E-state index >= 15 is 0 Å². The van der Waals surface area contributed by atoms with Crippen LogP contribution in [0, 0.1) is 5.41 Å². The van der Waals surface area contributed by atoms with Crippen LogP contribution in [0.4, 0.5) is 17.5 Å². The molecule has 0 amide bonds. The first-order valence-corrected chi connectivity index (χ1v) is 8.37. The van der Waals surface area contributed by atoms with Gasteiger partial charge >= 0.3 is 5.97 Å². The number of nitrogens with one attached hydrogen (secondary N) is 1. The highest BCUT2D eigenvalue weighted by atomic mass is 16.5. The van der Waals surface area contributed by atoms with Gasteiger partial charge < -0.3 is 20.7 Å². The standard InChI is InChI=1S/C18H23N5O3/c1-18(2,3)16(25)26-11-22-10-20-13-14(22)21-17(19)23(15(13)24)9-12-7-5-4-6-8-12/h4-8,20H,9-11H2,1-3H3,(H2,19,21). The van der Waals surface area contributed by atoms with E-state index in [-0.39, 0.29) is 24.2 Å². The zero-order valence-electron chi connectivity index (χ0n) is 15.2.